The summed E-state index contributed by atoms with van der Waals surface area (Å²) in [6, 6.07) is 14.9. The van der Waals surface area contributed by atoms with Crippen molar-refractivity contribution < 1.29 is 19.0 Å². The van der Waals surface area contributed by atoms with Gasteiger partial charge in [0.1, 0.15) is 12.4 Å². The summed E-state index contributed by atoms with van der Waals surface area (Å²) >= 11 is 1.31. The van der Waals surface area contributed by atoms with Crippen molar-refractivity contribution in [1.82, 2.24) is 14.8 Å². The van der Waals surface area contributed by atoms with E-state index >= 15 is 0 Å². The molecule has 2 aromatic carbocycles. The molecule has 0 saturated heterocycles. The molecule has 4 rings (SSSR count). The third-order valence-electron chi connectivity index (χ3n) is 4.40. The third kappa shape index (κ3) is 5.04. The smallest absolute Gasteiger partial charge is 0.234 e. The Morgan fingerprint density at radius 1 is 1.13 bits per heavy atom. The van der Waals surface area contributed by atoms with E-state index in [1.165, 1.54) is 11.8 Å². The number of hydrogen-bond donors (Lipinski definition) is 1. The Morgan fingerprint density at radius 3 is 2.77 bits per heavy atom. The van der Waals surface area contributed by atoms with Gasteiger partial charge in [-0.3, -0.25) is 4.79 Å². The van der Waals surface area contributed by atoms with Crippen LogP contribution in [0.15, 0.2) is 53.7 Å². The van der Waals surface area contributed by atoms with Crippen LogP contribution in [0, 0.1) is 0 Å². The van der Waals surface area contributed by atoms with Crippen molar-refractivity contribution in [1.29, 1.82) is 0 Å². The number of fused-ring (bicyclic) bond motifs is 1. The molecule has 0 atom stereocenters. The van der Waals surface area contributed by atoms with Crippen LogP contribution in [-0.4, -0.2) is 39.6 Å². The summed E-state index contributed by atoms with van der Waals surface area (Å²) < 4.78 is 18.8. The Kier molecular flexibility index (Phi) is 6.38. The van der Waals surface area contributed by atoms with E-state index in [0.29, 0.717) is 48.0 Å². The summed E-state index contributed by atoms with van der Waals surface area (Å²) in [5, 5.41) is 11.8. The second kappa shape index (κ2) is 9.53. The van der Waals surface area contributed by atoms with Crippen molar-refractivity contribution >= 4 is 23.4 Å². The van der Waals surface area contributed by atoms with E-state index in [1.807, 2.05) is 48.0 Å². The van der Waals surface area contributed by atoms with Gasteiger partial charge in [0.15, 0.2) is 22.5 Å². The average molecular weight is 426 g/mol. The second-order valence-corrected chi connectivity index (χ2v) is 7.55. The Labute approximate surface area is 178 Å². The molecular weight excluding hydrogens is 404 g/mol. The number of para-hydroxylation sites is 1. The minimum absolute atomic E-state index is 0.139. The molecule has 9 heteroatoms. The Balaban J connectivity index is 1.30. The first-order chi connectivity index (χ1) is 14.7. The zero-order valence-corrected chi connectivity index (χ0v) is 17.4. The minimum atomic E-state index is -0.139. The predicted molar refractivity (Wildman–Crippen MR) is 113 cm³/mol. The Bertz CT molecular complexity index is 1010. The van der Waals surface area contributed by atoms with Crippen LogP contribution in [0.25, 0.3) is 0 Å². The summed E-state index contributed by atoms with van der Waals surface area (Å²) in [5.74, 6) is 2.87. The van der Waals surface area contributed by atoms with E-state index in [-0.39, 0.29) is 11.7 Å². The number of nitrogens with one attached hydrogen (secondary N) is 1. The van der Waals surface area contributed by atoms with Gasteiger partial charge in [0.25, 0.3) is 0 Å². The van der Waals surface area contributed by atoms with Gasteiger partial charge in [0, 0.05) is 25.2 Å². The fourth-order valence-corrected chi connectivity index (χ4v) is 3.56. The van der Waals surface area contributed by atoms with Crippen LogP contribution < -0.4 is 19.5 Å². The molecular formula is C21H22N4O4S. The lowest BCUT2D eigenvalue weighted by molar-refractivity contribution is -0.113. The maximum absolute atomic E-state index is 12.4. The molecule has 156 valence electrons. The molecule has 0 bridgehead atoms. The fourth-order valence-electron chi connectivity index (χ4n) is 2.83. The van der Waals surface area contributed by atoms with Crippen molar-refractivity contribution in [2.75, 3.05) is 24.3 Å². The molecule has 0 aliphatic carbocycles. The number of aromatic nitrogens is 3. The molecule has 1 aliphatic heterocycles. The quantitative estimate of drug-likeness (QED) is 0.580. The molecule has 1 N–H and O–H groups in total. The number of ether oxygens (including phenoxy) is 3. The molecule has 8 nitrogen and oxygen atoms in total. The summed E-state index contributed by atoms with van der Waals surface area (Å²) in [4.78, 5) is 12.4. The molecule has 0 spiro atoms. The van der Waals surface area contributed by atoms with E-state index in [9.17, 15) is 4.79 Å². The topological polar surface area (TPSA) is 87.5 Å². The van der Waals surface area contributed by atoms with Gasteiger partial charge in [-0.2, -0.15) is 0 Å². The van der Waals surface area contributed by atoms with Crippen molar-refractivity contribution in [3.8, 4) is 17.2 Å². The minimum Gasteiger partial charge on any atom is -0.490 e. The van der Waals surface area contributed by atoms with Gasteiger partial charge in [-0.1, -0.05) is 30.0 Å². The molecule has 1 aromatic heterocycles. The second-order valence-electron chi connectivity index (χ2n) is 6.61. The molecule has 3 aromatic rings. The van der Waals surface area contributed by atoms with Gasteiger partial charge < -0.3 is 24.1 Å². The third-order valence-corrected chi connectivity index (χ3v) is 5.42. The van der Waals surface area contributed by atoms with E-state index in [4.69, 9.17) is 14.2 Å². The molecule has 30 heavy (non-hydrogen) atoms. The van der Waals surface area contributed by atoms with Crippen LogP contribution in [0.4, 0.5) is 5.69 Å². The fraction of sp³-hybridized carbons (Fsp3) is 0.286. The number of benzene rings is 2. The number of amides is 1. The monoisotopic (exact) mass is 426 g/mol. The lowest BCUT2D eigenvalue weighted by atomic mass is 10.2. The zero-order valence-electron chi connectivity index (χ0n) is 16.5. The highest BCUT2D eigenvalue weighted by Crippen LogP contribution is 2.32. The molecule has 0 unspecified atom stereocenters. The number of rotatable bonds is 7. The van der Waals surface area contributed by atoms with Crippen LogP contribution >= 0.6 is 11.8 Å². The summed E-state index contributed by atoms with van der Waals surface area (Å²) in [5.41, 5.74) is 0.666. The molecule has 2 heterocycles. The molecule has 0 saturated carbocycles. The van der Waals surface area contributed by atoms with E-state index in [1.54, 1.807) is 12.1 Å². The zero-order chi connectivity index (χ0) is 20.8. The lowest BCUT2D eigenvalue weighted by Crippen LogP contribution is -2.14. The summed E-state index contributed by atoms with van der Waals surface area (Å²) in [6.07, 6.45) is 0.836. The average Bonchev–Trinajstić information content (AvgIpc) is 2.96. The number of carbonyl (C=O) groups is 1. The van der Waals surface area contributed by atoms with E-state index in [0.717, 1.165) is 12.2 Å². The molecule has 1 aliphatic rings. The van der Waals surface area contributed by atoms with Gasteiger partial charge in [-0.15, -0.1) is 10.2 Å². The first-order valence-corrected chi connectivity index (χ1v) is 10.6. The highest BCUT2D eigenvalue weighted by atomic mass is 32.2. The van der Waals surface area contributed by atoms with Crippen molar-refractivity contribution in [2.45, 2.75) is 18.2 Å². The van der Waals surface area contributed by atoms with Gasteiger partial charge in [-0.05, 0) is 24.3 Å². The van der Waals surface area contributed by atoms with E-state index < -0.39 is 0 Å². The van der Waals surface area contributed by atoms with Crippen LogP contribution in [0.3, 0.4) is 0 Å². The number of carbonyl (C=O) groups excluding carboxylic acids is 1. The first-order valence-electron chi connectivity index (χ1n) is 9.57. The SMILES string of the molecule is Cn1c(COc2ccccc2)nnc1SCC(=O)Nc1ccc2c(c1)OCCCO2. The Morgan fingerprint density at radius 2 is 1.93 bits per heavy atom. The highest BCUT2D eigenvalue weighted by Gasteiger charge is 2.14. The van der Waals surface area contributed by atoms with Gasteiger partial charge in [0.05, 0.1) is 19.0 Å². The summed E-state index contributed by atoms with van der Waals surface area (Å²) in [6.45, 7) is 1.53. The van der Waals surface area contributed by atoms with Crippen LogP contribution in [-0.2, 0) is 18.4 Å². The van der Waals surface area contributed by atoms with Crippen molar-refractivity contribution in [3.63, 3.8) is 0 Å². The van der Waals surface area contributed by atoms with Crippen LogP contribution in [0.1, 0.15) is 12.2 Å². The van der Waals surface area contributed by atoms with Gasteiger partial charge in [0.2, 0.25) is 5.91 Å². The van der Waals surface area contributed by atoms with Crippen molar-refractivity contribution in [3.05, 3.63) is 54.4 Å². The van der Waals surface area contributed by atoms with Gasteiger partial charge >= 0.3 is 0 Å². The van der Waals surface area contributed by atoms with Gasteiger partial charge in [-0.25, -0.2) is 0 Å². The maximum Gasteiger partial charge on any atom is 0.234 e. The first kappa shape index (κ1) is 20.1. The number of thioether (sulfide) groups is 1. The Hall–Kier alpha value is -3.20. The molecule has 1 amide bonds. The predicted octanol–water partition coefficient (Wildman–Crippen LogP) is 3.29. The lowest BCUT2D eigenvalue weighted by Gasteiger charge is -2.10. The highest BCUT2D eigenvalue weighted by molar-refractivity contribution is 7.99. The van der Waals surface area contributed by atoms with Crippen LogP contribution in [0.2, 0.25) is 0 Å². The van der Waals surface area contributed by atoms with Crippen molar-refractivity contribution in [2.24, 2.45) is 7.05 Å². The van der Waals surface area contributed by atoms with Crippen LogP contribution in [0.5, 0.6) is 17.2 Å². The number of nitrogens with zero attached hydrogens (tertiary/aromatic N) is 3. The summed E-state index contributed by atoms with van der Waals surface area (Å²) in [7, 11) is 1.85. The largest absolute Gasteiger partial charge is 0.490 e. The van der Waals surface area contributed by atoms with E-state index in [2.05, 4.69) is 15.5 Å². The normalized spacial score (nSPS) is 12.8. The number of anilines is 1. The molecule has 0 fully saturated rings. The maximum atomic E-state index is 12.4. The standard InChI is InChI=1S/C21H22N4O4S/c1-25-19(13-29-16-6-3-2-4-7-16)23-24-21(25)30-14-20(26)22-15-8-9-17-18(12-15)28-11-5-10-27-17/h2-4,6-9,12H,5,10-11,13-14H2,1H3,(H,22,26). The number of hydrogen-bond acceptors (Lipinski definition) is 7. The molecule has 0 radical (unpaired) electrons.